The molecule has 0 aliphatic carbocycles. The molecule has 7 heteroatoms. The molecular formula is C18H31N5O2. The van der Waals surface area contributed by atoms with Crippen LogP contribution in [-0.4, -0.2) is 105 Å². The molecule has 0 fully saturated rings. The zero-order chi connectivity index (χ0) is 19.1. The molecule has 0 unspecified atom stereocenters. The highest BCUT2D eigenvalue weighted by Gasteiger charge is 2.19. The minimum Gasteiger partial charge on any atom is -0.340 e. The van der Waals surface area contributed by atoms with Crippen molar-refractivity contribution in [2.24, 2.45) is 0 Å². The highest BCUT2D eigenvalue weighted by atomic mass is 16.2. The Morgan fingerprint density at radius 1 is 0.840 bits per heavy atom. The summed E-state index contributed by atoms with van der Waals surface area (Å²) in [5.41, 5.74) is 1.62. The van der Waals surface area contributed by atoms with Gasteiger partial charge >= 0.3 is 0 Å². The normalized spacial score (nSPS) is 11.1. The maximum atomic E-state index is 12.5. The number of amides is 2. The monoisotopic (exact) mass is 349 g/mol. The van der Waals surface area contributed by atoms with E-state index in [9.17, 15) is 9.59 Å². The molecule has 2 amide bonds. The van der Waals surface area contributed by atoms with E-state index in [0.29, 0.717) is 29.9 Å². The van der Waals surface area contributed by atoms with Crippen LogP contribution < -0.4 is 0 Å². The SMILES string of the molecule is Cc1cc(C(=O)N(C)CCN(C)C)cnc1C(=O)N(C)CCN(C)C. The molecule has 0 aliphatic rings. The summed E-state index contributed by atoms with van der Waals surface area (Å²) in [4.78, 5) is 36.6. The first-order valence-electron chi connectivity index (χ1n) is 8.40. The molecule has 0 spiro atoms. The van der Waals surface area contributed by atoms with E-state index in [0.717, 1.165) is 13.1 Å². The predicted molar refractivity (Wildman–Crippen MR) is 100 cm³/mol. The summed E-state index contributed by atoms with van der Waals surface area (Å²) in [5, 5.41) is 0. The molecule has 0 radical (unpaired) electrons. The van der Waals surface area contributed by atoms with Crippen molar-refractivity contribution in [2.75, 3.05) is 68.5 Å². The van der Waals surface area contributed by atoms with Crippen LogP contribution in [0.3, 0.4) is 0 Å². The smallest absolute Gasteiger partial charge is 0.272 e. The second-order valence-corrected chi connectivity index (χ2v) is 6.95. The summed E-state index contributed by atoms with van der Waals surface area (Å²) >= 11 is 0. The van der Waals surface area contributed by atoms with Crippen molar-refractivity contribution in [2.45, 2.75) is 6.92 Å². The lowest BCUT2D eigenvalue weighted by Gasteiger charge is -2.21. The molecule has 0 aromatic carbocycles. The molecular weight excluding hydrogens is 318 g/mol. The summed E-state index contributed by atoms with van der Waals surface area (Å²) in [6.07, 6.45) is 1.49. The van der Waals surface area contributed by atoms with E-state index in [4.69, 9.17) is 0 Å². The Hall–Kier alpha value is -1.99. The van der Waals surface area contributed by atoms with Crippen LogP contribution in [0.25, 0.3) is 0 Å². The molecule has 0 atom stereocenters. The number of hydrogen-bond donors (Lipinski definition) is 0. The lowest BCUT2D eigenvalue weighted by Crippen LogP contribution is -2.35. The van der Waals surface area contributed by atoms with Gasteiger partial charge in [0.2, 0.25) is 0 Å². The van der Waals surface area contributed by atoms with Crippen LogP contribution in [0.4, 0.5) is 0 Å². The van der Waals surface area contributed by atoms with Crippen molar-refractivity contribution >= 4 is 11.8 Å². The number of nitrogens with zero attached hydrogens (tertiary/aromatic N) is 5. The Morgan fingerprint density at radius 3 is 1.76 bits per heavy atom. The second-order valence-electron chi connectivity index (χ2n) is 6.95. The lowest BCUT2D eigenvalue weighted by molar-refractivity contribution is 0.0768. The largest absolute Gasteiger partial charge is 0.340 e. The second kappa shape index (κ2) is 9.48. The topological polar surface area (TPSA) is 60.0 Å². The Labute approximate surface area is 151 Å². The van der Waals surface area contributed by atoms with E-state index in [1.54, 1.807) is 30.0 Å². The summed E-state index contributed by atoms with van der Waals surface area (Å²) in [7, 11) is 11.4. The standard InChI is InChI=1S/C18H31N5O2/c1-14-12-15(17(24)22(6)10-8-20(2)3)13-19-16(14)18(25)23(7)11-9-21(4)5/h12-13H,8-11H2,1-7H3. The van der Waals surface area contributed by atoms with Gasteiger partial charge in [0.15, 0.2) is 0 Å². The summed E-state index contributed by atoms with van der Waals surface area (Å²) < 4.78 is 0. The number of carbonyl (C=O) groups excluding carboxylic acids is 2. The van der Waals surface area contributed by atoms with Gasteiger partial charge in [-0.2, -0.15) is 0 Å². The van der Waals surface area contributed by atoms with Crippen molar-refractivity contribution in [1.82, 2.24) is 24.6 Å². The van der Waals surface area contributed by atoms with Crippen LogP contribution in [0.2, 0.25) is 0 Å². The summed E-state index contributed by atoms with van der Waals surface area (Å²) in [5.74, 6) is -0.211. The van der Waals surface area contributed by atoms with Crippen molar-refractivity contribution in [3.05, 3.63) is 29.1 Å². The Morgan fingerprint density at radius 2 is 1.32 bits per heavy atom. The van der Waals surface area contributed by atoms with Crippen LogP contribution in [-0.2, 0) is 0 Å². The summed E-state index contributed by atoms with van der Waals surface area (Å²) in [6.45, 7) is 4.66. The lowest BCUT2D eigenvalue weighted by atomic mass is 10.1. The molecule has 1 aromatic heterocycles. The van der Waals surface area contributed by atoms with Crippen molar-refractivity contribution < 1.29 is 9.59 Å². The van der Waals surface area contributed by atoms with E-state index >= 15 is 0 Å². The van der Waals surface area contributed by atoms with Crippen LogP contribution in [0.1, 0.15) is 26.4 Å². The summed E-state index contributed by atoms with van der Waals surface area (Å²) in [6, 6.07) is 1.74. The molecule has 140 valence electrons. The van der Waals surface area contributed by atoms with Gasteiger partial charge in [-0.15, -0.1) is 0 Å². The zero-order valence-electron chi connectivity index (χ0n) is 16.5. The number of carbonyl (C=O) groups is 2. The van der Waals surface area contributed by atoms with Crippen molar-refractivity contribution in [3.8, 4) is 0 Å². The molecule has 25 heavy (non-hydrogen) atoms. The van der Waals surface area contributed by atoms with Crippen LogP contribution in [0, 0.1) is 6.92 Å². The number of aryl methyl sites for hydroxylation is 1. The number of rotatable bonds is 8. The van der Waals surface area contributed by atoms with Gasteiger partial charge in [0.1, 0.15) is 5.69 Å². The van der Waals surface area contributed by atoms with Crippen LogP contribution in [0.5, 0.6) is 0 Å². The fourth-order valence-corrected chi connectivity index (χ4v) is 2.22. The molecule has 0 aliphatic heterocycles. The first kappa shape index (κ1) is 21.1. The van der Waals surface area contributed by atoms with Crippen LogP contribution in [0.15, 0.2) is 12.3 Å². The highest BCUT2D eigenvalue weighted by Crippen LogP contribution is 2.12. The third-order valence-corrected chi connectivity index (χ3v) is 3.99. The Balaban J connectivity index is 2.82. The van der Waals surface area contributed by atoms with Gasteiger partial charge in [-0.1, -0.05) is 0 Å². The molecule has 0 bridgehead atoms. The maximum Gasteiger partial charge on any atom is 0.272 e. The van der Waals surface area contributed by atoms with E-state index in [1.165, 1.54) is 6.20 Å². The van der Waals surface area contributed by atoms with E-state index in [2.05, 4.69) is 4.98 Å². The van der Waals surface area contributed by atoms with Gasteiger partial charge in [-0.05, 0) is 46.7 Å². The van der Waals surface area contributed by atoms with Gasteiger partial charge < -0.3 is 19.6 Å². The van der Waals surface area contributed by atoms with Crippen molar-refractivity contribution in [1.29, 1.82) is 0 Å². The first-order chi connectivity index (χ1) is 11.6. The predicted octanol–water partition coefficient (Wildman–Crippen LogP) is 0.657. The highest BCUT2D eigenvalue weighted by molar-refractivity contribution is 5.97. The molecule has 0 N–H and O–H groups in total. The van der Waals surface area contributed by atoms with Crippen LogP contribution >= 0.6 is 0 Å². The quantitative estimate of drug-likeness (QED) is 0.690. The minimum absolute atomic E-state index is 0.0857. The minimum atomic E-state index is -0.126. The van der Waals surface area contributed by atoms with Gasteiger partial charge in [0, 0.05) is 46.5 Å². The molecule has 0 saturated carbocycles. The average molecular weight is 349 g/mol. The average Bonchev–Trinajstić information content (AvgIpc) is 2.55. The molecule has 7 nitrogen and oxygen atoms in total. The first-order valence-corrected chi connectivity index (χ1v) is 8.40. The molecule has 1 heterocycles. The van der Waals surface area contributed by atoms with Gasteiger partial charge in [0.05, 0.1) is 5.56 Å². The fraction of sp³-hybridized carbons (Fsp3) is 0.611. The van der Waals surface area contributed by atoms with Gasteiger partial charge in [0.25, 0.3) is 11.8 Å². The van der Waals surface area contributed by atoms with E-state index < -0.39 is 0 Å². The van der Waals surface area contributed by atoms with Gasteiger partial charge in [-0.25, -0.2) is 4.98 Å². The zero-order valence-corrected chi connectivity index (χ0v) is 16.5. The van der Waals surface area contributed by atoms with Gasteiger partial charge in [-0.3, -0.25) is 9.59 Å². The molecule has 0 saturated heterocycles. The van der Waals surface area contributed by atoms with Crippen molar-refractivity contribution in [3.63, 3.8) is 0 Å². The Bertz CT molecular complexity index is 601. The Kier molecular flexibility index (Phi) is 7.99. The molecule has 1 aromatic rings. The van der Waals surface area contributed by atoms with E-state index in [1.807, 2.05) is 44.9 Å². The number of hydrogen-bond acceptors (Lipinski definition) is 5. The third kappa shape index (κ3) is 6.43. The maximum absolute atomic E-state index is 12.5. The molecule has 1 rings (SSSR count). The fourth-order valence-electron chi connectivity index (χ4n) is 2.22. The van der Waals surface area contributed by atoms with E-state index in [-0.39, 0.29) is 11.8 Å². The number of aromatic nitrogens is 1. The number of likely N-dealkylation sites (N-methyl/N-ethyl adjacent to an activating group) is 4. The number of pyridine rings is 1. The third-order valence-electron chi connectivity index (χ3n) is 3.99.